The minimum Gasteiger partial charge on any atom is -0.330 e. The SMILES string of the molecule is CC(CCCN)C(=O)C(C)(C)C. The van der Waals surface area contributed by atoms with Gasteiger partial charge in [-0.25, -0.2) is 0 Å². The summed E-state index contributed by atoms with van der Waals surface area (Å²) in [5.74, 6) is 0.504. The molecule has 72 valence electrons. The molecule has 0 spiro atoms. The van der Waals surface area contributed by atoms with Gasteiger partial charge in [0.15, 0.2) is 0 Å². The first kappa shape index (κ1) is 11.6. The molecular weight excluding hydrogens is 150 g/mol. The first-order chi connectivity index (χ1) is 5.39. The third kappa shape index (κ3) is 3.86. The van der Waals surface area contributed by atoms with E-state index >= 15 is 0 Å². The summed E-state index contributed by atoms with van der Waals surface area (Å²) >= 11 is 0. The van der Waals surface area contributed by atoms with E-state index in [2.05, 4.69) is 0 Å². The zero-order chi connectivity index (χ0) is 9.78. The van der Waals surface area contributed by atoms with Gasteiger partial charge in [0.2, 0.25) is 0 Å². The predicted molar refractivity (Wildman–Crippen MR) is 51.9 cm³/mol. The lowest BCUT2D eigenvalue weighted by atomic mass is 9.82. The van der Waals surface area contributed by atoms with Gasteiger partial charge in [0.1, 0.15) is 5.78 Å². The maximum Gasteiger partial charge on any atom is 0.140 e. The smallest absolute Gasteiger partial charge is 0.140 e. The highest BCUT2D eigenvalue weighted by Crippen LogP contribution is 2.22. The van der Waals surface area contributed by atoms with Crippen LogP contribution in [0.25, 0.3) is 0 Å². The van der Waals surface area contributed by atoms with Gasteiger partial charge in [-0.3, -0.25) is 4.79 Å². The lowest BCUT2D eigenvalue weighted by Crippen LogP contribution is -2.27. The number of rotatable bonds is 4. The van der Waals surface area contributed by atoms with Crippen LogP contribution >= 0.6 is 0 Å². The molecule has 0 aromatic carbocycles. The van der Waals surface area contributed by atoms with Gasteiger partial charge in [0, 0.05) is 11.3 Å². The Morgan fingerprint density at radius 1 is 1.42 bits per heavy atom. The van der Waals surface area contributed by atoms with Gasteiger partial charge in [-0.1, -0.05) is 27.7 Å². The molecule has 0 radical (unpaired) electrons. The molecule has 0 aliphatic rings. The summed E-state index contributed by atoms with van der Waals surface area (Å²) in [6.45, 7) is 8.57. The van der Waals surface area contributed by atoms with Gasteiger partial charge >= 0.3 is 0 Å². The van der Waals surface area contributed by atoms with Crippen LogP contribution in [0.1, 0.15) is 40.5 Å². The highest BCUT2D eigenvalue weighted by atomic mass is 16.1. The van der Waals surface area contributed by atoms with E-state index in [4.69, 9.17) is 5.73 Å². The van der Waals surface area contributed by atoms with E-state index < -0.39 is 0 Å². The van der Waals surface area contributed by atoms with Crippen LogP contribution in [0.2, 0.25) is 0 Å². The summed E-state index contributed by atoms with van der Waals surface area (Å²) in [7, 11) is 0. The van der Waals surface area contributed by atoms with E-state index in [1.165, 1.54) is 0 Å². The van der Waals surface area contributed by atoms with Crippen molar-refractivity contribution < 1.29 is 4.79 Å². The molecule has 0 aromatic rings. The minimum atomic E-state index is -0.200. The van der Waals surface area contributed by atoms with Crippen LogP contribution in [-0.2, 0) is 4.79 Å². The molecule has 1 unspecified atom stereocenters. The van der Waals surface area contributed by atoms with Crippen molar-refractivity contribution in [3.05, 3.63) is 0 Å². The van der Waals surface area contributed by atoms with Crippen molar-refractivity contribution in [1.82, 2.24) is 0 Å². The van der Waals surface area contributed by atoms with Gasteiger partial charge in [0.25, 0.3) is 0 Å². The van der Waals surface area contributed by atoms with Gasteiger partial charge in [-0.2, -0.15) is 0 Å². The molecule has 2 N–H and O–H groups in total. The van der Waals surface area contributed by atoms with Crippen molar-refractivity contribution in [3.63, 3.8) is 0 Å². The van der Waals surface area contributed by atoms with Crippen molar-refractivity contribution in [1.29, 1.82) is 0 Å². The molecule has 0 saturated heterocycles. The Morgan fingerprint density at radius 3 is 2.25 bits per heavy atom. The van der Waals surface area contributed by atoms with Crippen LogP contribution in [0.4, 0.5) is 0 Å². The Hall–Kier alpha value is -0.370. The highest BCUT2D eigenvalue weighted by Gasteiger charge is 2.25. The number of carbonyl (C=O) groups is 1. The van der Waals surface area contributed by atoms with E-state index in [9.17, 15) is 4.79 Å². The predicted octanol–water partition coefficient (Wildman–Crippen LogP) is 1.98. The van der Waals surface area contributed by atoms with Crippen LogP contribution in [0.5, 0.6) is 0 Å². The topological polar surface area (TPSA) is 43.1 Å². The molecule has 0 bridgehead atoms. The number of hydrogen-bond donors (Lipinski definition) is 1. The van der Waals surface area contributed by atoms with Gasteiger partial charge in [0.05, 0.1) is 0 Å². The van der Waals surface area contributed by atoms with Crippen molar-refractivity contribution in [2.75, 3.05) is 6.54 Å². The van der Waals surface area contributed by atoms with E-state index in [1.54, 1.807) is 0 Å². The second kappa shape index (κ2) is 4.61. The Kier molecular flexibility index (Phi) is 4.46. The number of Topliss-reactive ketones (excluding diaryl/α,β-unsaturated/α-hetero) is 1. The molecular formula is C10H21NO. The van der Waals surface area contributed by atoms with Crippen molar-refractivity contribution >= 4 is 5.78 Å². The lowest BCUT2D eigenvalue weighted by molar-refractivity contribution is -0.130. The summed E-state index contributed by atoms with van der Waals surface area (Å²) in [4.78, 5) is 11.6. The molecule has 0 aromatic heterocycles. The van der Waals surface area contributed by atoms with Crippen molar-refractivity contribution in [2.45, 2.75) is 40.5 Å². The molecule has 0 saturated carbocycles. The van der Waals surface area contributed by atoms with Crippen LogP contribution < -0.4 is 5.73 Å². The molecule has 0 aliphatic carbocycles. The summed E-state index contributed by atoms with van der Waals surface area (Å²) in [5, 5.41) is 0. The average Bonchev–Trinajstić information content (AvgIpc) is 1.97. The molecule has 0 fully saturated rings. The fourth-order valence-electron chi connectivity index (χ4n) is 1.29. The fraction of sp³-hybridized carbons (Fsp3) is 0.900. The summed E-state index contributed by atoms with van der Waals surface area (Å²) in [6.07, 6.45) is 1.87. The fourth-order valence-corrected chi connectivity index (χ4v) is 1.29. The minimum absolute atomic E-state index is 0.161. The van der Waals surface area contributed by atoms with Gasteiger partial charge in [-0.15, -0.1) is 0 Å². The average molecular weight is 171 g/mol. The van der Waals surface area contributed by atoms with Crippen LogP contribution in [0.3, 0.4) is 0 Å². The third-order valence-corrected chi connectivity index (χ3v) is 2.03. The molecule has 0 rings (SSSR count). The van der Waals surface area contributed by atoms with E-state index in [1.807, 2.05) is 27.7 Å². The van der Waals surface area contributed by atoms with Gasteiger partial charge < -0.3 is 5.73 Å². The van der Waals surface area contributed by atoms with E-state index in [0.29, 0.717) is 12.3 Å². The number of ketones is 1. The first-order valence-electron chi connectivity index (χ1n) is 4.64. The zero-order valence-electron chi connectivity index (χ0n) is 8.68. The van der Waals surface area contributed by atoms with Crippen LogP contribution in [-0.4, -0.2) is 12.3 Å². The molecule has 0 heterocycles. The molecule has 2 heteroatoms. The molecule has 1 atom stereocenters. The zero-order valence-corrected chi connectivity index (χ0v) is 8.68. The number of hydrogen-bond acceptors (Lipinski definition) is 2. The Morgan fingerprint density at radius 2 is 1.92 bits per heavy atom. The Labute approximate surface area is 75.5 Å². The van der Waals surface area contributed by atoms with Crippen molar-refractivity contribution in [2.24, 2.45) is 17.1 Å². The van der Waals surface area contributed by atoms with Crippen LogP contribution in [0.15, 0.2) is 0 Å². The monoisotopic (exact) mass is 171 g/mol. The number of nitrogens with two attached hydrogens (primary N) is 1. The molecule has 0 amide bonds. The summed E-state index contributed by atoms with van der Waals surface area (Å²) in [5.41, 5.74) is 5.17. The highest BCUT2D eigenvalue weighted by molar-refractivity contribution is 5.85. The standard InChI is InChI=1S/C10H21NO/c1-8(6-5-7-11)9(12)10(2,3)4/h8H,5-7,11H2,1-4H3. The number of carbonyl (C=O) groups excluding carboxylic acids is 1. The van der Waals surface area contributed by atoms with E-state index in [0.717, 1.165) is 12.8 Å². The van der Waals surface area contributed by atoms with Gasteiger partial charge in [-0.05, 0) is 19.4 Å². The second-order valence-corrected chi connectivity index (χ2v) is 4.45. The molecule has 12 heavy (non-hydrogen) atoms. The summed E-state index contributed by atoms with van der Waals surface area (Å²) < 4.78 is 0. The Bertz CT molecular complexity index is 146. The maximum atomic E-state index is 11.6. The van der Waals surface area contributed by atoms with Crippen LogP contribution in [0, 0.1) is 11.3 Å². The molecule has 0 aliphatic heterocycles. The third-order valence-electron chi connectivity index (χ3n) is 2.03. The van der Waals surface area contributed by atoms with E-state index in [-0.39, 0.29) is 11.3 Å². The summed E-state index contributed by atoms with van der Waals surface area (Å²) in [6, 6.07) is 0. The Balaban J connectivity index is 3.94. The van der Waals surface area contributed by atoms with Crippen molar-refractivity contribution in [3.8, 4) is 0 Å². The molecule has 2 nitrogen and oxygen atoms in total. The normalized spacial score (nSPS) is 14.4. The first-order valence-corrected chi connectivity index (χ1v) is 4.64. The largest absolute Gasteiger partial charge is 0.330 e. The lowest BCUT2D eigenvalue weighted by Gasteiger charge is -2.21. The second-order valence-electron chi connectivity index (χ2n) is 4.45. The maximum absolute atomic E-state index is 11.6. The quantitative estimate of drug-likeness (QED) is 0.702.